The molecule has 0 aliphatic heterocycles. The van der Waals surface area contributed by atoms with Gasteiger partial charge in [-0.05, 0) is 54.1 Å². The minimum atomic E-state index is -0.221. The zero-order valence-electron chi connectivity index (χ0n) is 12.9. The topological polar surface area (TPSA) is 38.1 Å². The van der Waals surface area contributed by atoms with Crippen molar-refractivity contribution in [2.24, 2.45) is 0 Å². The number of hydrogen-bond acceptors (Lipinski definition) is 3. The first kappa shape index (κ1) is 14.5. The fourth-order valence-corrected chi connectivity index (χ4v) is 2.53. The monoisotopic (exact) mass is 318 g/mol. The molecule has 0 aliphatic carbocycles. The van der Waals surface area contributed by atoms with E-state index in [1.807, 2.05) is 48.5 Å². The number of rotatable bonds is 4. The minimum absolute atomic E-state index is 0.221. The van der Waals surface area contributed by atoms with Crippen LogP contribution in [0.2, 0.25) is 0 Å². The van der Waals surface area contributed by atoms with Crippen LogP contribution < -0.4 is 5.32 Å². The first-order chi connectivity index (χ1) is 11.8. The predicted octanol–water partition coefficient (Wildman–Crippen LogP) is 5.25. The maximum Gasteiger partial charge on any atom is 0.227 e. The number of halogens is 1. The molecule has 0 unspecified atom stereocenters. The summed E-state index contributed by atoms with van der Waals surface area (Å²) < 4.78 is 18.7. The van der Waals surface area contributed by atoms with E-state index in [9.17, 15) is 4.39 Å². The quantitative estimate of drug-likeness (QED) is 0.559. The summed E-state index contributed by atoms with van der Waals surface area (Å²) in [7, 11) is 0. The molecule has 0 saturated heterocycles. The second-order valence-corrected chi connectivity index (χ2v) is 5.54. The van der Waals surface area contributed by atoms with E-state index in [2.05, 4.69) is 10.3 Å². The van der Waals surface area contributed by atoms with Crippen LogP contribution in [-0.2, 0) is 6.54 Å². The van der Waals surface area contributed by atoms with Gasteiger partial charge in [-0.3, -0.25) is 0 Å². The summed E-state index contributed by atoms with van der Waals surface area (Å²) in [5, 5.41) is 3.31. The van der Waals surface area contributed by atoms with Crippen LogP contribution in [0.1, 0.15) is 5.56 Å². The van der Waals surface area contributed by atoms with Gasteiger partial charge in [-0.1, -0.05) is 24.3 Å². The van der Waals surface area contributed by atoms with Gasteiger partial charge in [0.1, 0.15) is 11.3 Å². The molecule has 3 nitrogen and oxygen atoms in total. The van der Waals surface area contributed by atoms with E-state index in [1.165, 1.54) is 12.1 Å². The molecule has 1 heterocycles. The third kappa shape index (κ3) is 2.99. The van der Waals surface area contributed by atoms with E-state index in [0.29, 0.717) is 12.4 Å². The van der Waals surface area contributed by atoms with Gasteiger partial charge in [0.05, 0.1) is 0 Å². The molecule has 0 bridgehead atoms. The molecular formula is C20H15FN2O. The van der Waals surface area contributed by atoms with E-state index < -0.39 is 0 Å². The maximum atomic E-state index is 12.9. The lowest BCUT2D eigenvalue weighted by molar-refractivity contribution is 0.620. The zero-order valence-corrected chi connectivity index (χ0v) is 12.9. The Kier molecular flexibility index (Phi) is 3.71. The first-order valence-corrected chi connectivity index (χ1v) is 7.72. The van der Waals surface area contributed by atoms with Crippen molar-refractivity contribution in [1.82, 2.24) is 4.98 Å². The third-order valence-corrected chi connectivity index (χ3v) is 3.84. The Morgan fingerprint density at radius 1 is 0.875 bits per heavy atom. The molecule has 0 amide bonds. The molecule has 118 valence electrons. The second kappa shape index (κ2) is 6.16. The highest BCUT2D eigenvalue weighted by Gasteiger charge is 2.07. The van der Waals surface area contributed by atoms with Gasteiger partial charge in [0.2, 0.25) is 5.89 Å². The van der Waals surface area contributed by atoms with Crippen LogP contribution in [0, 0.1) is 5.82 Å². The molecule has 0 aliphatic rings. The fraction of sp³-hybridized carbons (Fsp3) is 0.0500. The van der Waals surface area contributed by atoms with Crippen LogP contribution in [0.25, 0.3) is 22.6 Å². The Labute approximate surface area is 138 Å². The molecule has 4 aromatic rings. The van der Waals surface area contributed by atoms with Gasteiger partial charge in [0.25, 0.3) is 0 Å². The van der Waals surface area contributed by atoms with Crippen molar-refractivity contribution < 1.29 is 8.81 Å². The summed E-state index contributed by atoms with van der Waals surface area (Å²) in [5.41, 5.74) is 4.58. The van der Waals surface area contributed by atoms with Gasteiger partial charge >= 0.3 is 0 Å². The largest absolute Gasteiger partial charge is 0.436 e. The summed E-state index contributed by atoms with van der Waals surface area (Å²) in [6.45, 7) is 0.641. The predicted molar refractivity (Wildman–Crippen MR) is 93.2 cm³/mol. The first-order valence-electron chi connectivity index (χ1n) is 7.72. The average molecular weight is 318 g/mol. The second-order valence-electron chi connectivity index (χ2n) is 5.54. The molecule has 0 atom stereocenters. The van der Waals surface area contributed by atoms with Crippen LogP contribution in [0.4, 0.5) is 10.1 Å². The number of aromatic nitrogens is 1. The molecule has 4 heteroatoms. The van der Waals surface area contributed by atoms with Gasteiger partial charge in [0, 0.05) is 17.8 Å². The maximum absolute atomic E-state index is 12.9. The number of nitrogens with one attached hydrogen (secondary N) is 1. The summed E-state index contributed by atoms with van der Waals surface area (Å²) in [5.74, 6) is 0.391. The lowest BCUT2D eigenvalue weighted by Crippen LogP contribution is -1.99. The van der Waals surface area contributed by atoms with Crippen LogP contribution in [-0.4, -0.2) is 4.98 Å². The number of nitrogens with zero attached hydrogens (tertiary/aromatic N) is 1. The van der Waals surface area contributed by atoms with E-state index in [4.69, 9.17) is 4.42 Å². The number of oxazole rings is 1. The Morgan fingerprint density at radius 2 is 1.62 bits per heavy atom. The molecule has 1 N–H and O–H groups in total. The Morgan fingerprint density at radius 3 is 2.38 bits per heavy atom. The summed E-state index contributed by atoms with van der Waals surface area (Å²) in [4.78, 5) is 4.49. The van der Waals surface area contributed by atoms with E-state index in [-0.39, 0.29) is 5.82 Å². The van der Waals surface area contributed by atoms with Gasteiger partial charge in [0.15, 0.2) is 5.58 Å². The molecule has 4 rings (SSSR count). The Hall–Kier alpha value is -3.14. The fourth-order valence-electron chi connectivity index (χ4n) is 2.53. The highest BCUT2D eigenvalue weighted by Crippen LogP contribution is 2.25. The number of benzene rings is 3. The molecule has 0 fully saturated rings. The Bertz CT molecular complexity index is 926. The summed E-state index contributed by atoms with van der Waals surface area (Å²) in [6, 6.07) is 22.1. The zero-order chi connectivity index (χ0) is 16.4. The van der Waals surface area contributed by atoms with Crippen molar-refractivity contribution in [2.75, 3.05) is 5.32 Å². The number of fused-ring (bicyclic) bond motifs is 1. The van der Waals surface area contributed by atoms with Crippen molar-refractivity contribution >= 4 is 16.8 Å². The lowest BCUT2D eigenvalue weighted by atomic mass is 10.2. The molecule has 1 aromatic heterocycles. The van der Waals surface area contributed by atoms with Crippen LogP contribution in [0.15, 0.2) is 77.2 Å². The lowest BCUT2D eigenvalue weighted by Gasteiger charge is -2.07. The Balaban J connectivity index is 1.48. The molecule has 3 aromatic carbocycles. The number of para-hydroxylation sites is 2. The molecule has 0 saturated carbocycles. The van der Waals surface area contributed by atoms with Gasteiger partial charge in [-0.15, -0.1) is 0 Å². The van der Waals surface area contributed by atoms with Gasteiger partial charge in [-0.2, -0.15) is 0 Å². The van der Waals surface area contributed by atoms with E-state index in [0.717, 1.165) is 27.9 Å². The van der Waals surface area contributed by atoms with Crippen molar-refractivity contribution in [3.8, 4) is 11.5 Å². The van der Waals surface area contributed by atoms with E-state index in [1.54, 1.807) is 12.1 Å². The smallest absolute Gasteiger partial charge is 0.227 e. The highest BCUT2D eigenvalue weighted by atomic mass is 19.1. The van der Waals surface area contributed by atoms with Crippen molar-refractivity contribution in [1.29, 1.82) is 0 Å². The summed E-state index contributed by atoms with van der Waals surface area (Å²) in [6.07, 6.45) is 0. The van der Waals surface area contributed by atoms with Crippen molar-refractivity contribution in [3.05, 3.63) is 84.2 Å². The average Bonchev–Trinajstić information content (AvgIpc) is 3.06. The van der Waals surface area contributed by atoms with Crippen LogP contribution in [0.5, 0.6) is 0 Å². The molecule has 0 spiro atoms. The SMILES string of the molecule is Fc1ccc(CNc2ccc(-c3nc4ccccc4o3)cc2)cc1. The minimum Gasteiger partial charge on any atom is -0.436 e. The molecular weight excluding hydrogens is 303 g/mol. The standard InChI is InChI=1S/C20H15FN2O/c21-16-9-5-14(6-10-16)13-22-17-11-7-15(8-12-17)20-23-18-3-1-2-4-19(18)24-20/h1-12,22H,13H2. The van der Waals surface area contributed by atoms with Gasteiger partial charge < -0.3 is 9.73 Å². The normalized spacial score (nSPS) is 10.9. The number of anilines is 1. The van der Waals surface area contributed by atoms with Gasteiger partial charge in [-0.25, -0.2) is 9.37 Å². The van der Waals surface area contributed by atoms with E-state index >= 15 is 0 Å². The molecule has 0 radical (unpaired) electrons. The van der Waals surface area contributed by atoms with Crippen molar-refractivity contribution in [2.45, 2.75) is 6.54 Å². The summed E-state index contributed by atoms with van der Waals surface area (Å²) >= 11 is 0. The van der Waals surface area contributed by atoms with Crippen molar-refractivity contribution in [3.63, 3.8) is 0 Å². The number of hydrogen-bond donors (Lipinski definition) is 1. The highest BCUT2D eigenvalue weighted by molar-refractivity contribution is 5.76. The van der Waals surface area contributed by atoms with Crippen LogP contribution in [0.3, 0.4) is 0 Å². The van der Waals surface area contributed by atoms with Crippen LogP contribution >= 0.6 is 0 Å². The molecule has 24 heavy (non-hydrogen) atoms. The third-order valence-electron chi connectivity index (χ3n) is 3.84.